The fraction of sp³-hybridized carbons (Fsp3) is 0.406. The van der Waals surface area contributed by atoms with Crippen molar-refractivity contribution in [2.75, 3.05) is 13.2 Å². The zero-order valence-corrected chi connectivity index (χ0v) is 24.0. The van der Waals surface area contributed by atoms with Crippen LogP contribution >= 0.6 is 0 Å². The second-order valence-corrected chi connectivity index (χ2v) is 10.8. The molecule has 0 aliphatic carbocycles. The third-order valence-electron chi connectivity index (χ3n) is 6.47. The zero-order chi connectivity index (χ0) is 29.2. The van der Waals surface area contributed by atoms with Gasteiger partial charge in [-0.2, -0.15) is 0 Å². The predicted octanol–water partition coefficient (Wildman–Crippen LogP) is 6.05. The van der Waals surface area contributed by atoms with Crippen LogP contribution in [0.3, 0.4) is 0 Å². The monoisotopic (exact) mass is 548 g/mol. The lowest BCUT2D eigenvalue weighted by Crippen LogP contribution is -2.46. The summed E-state index contributed by atoms with van der Waals surface area (Å²) in [6.07, 6.45) is -0.0636. The molecule has 0 heterocycles. The molecule has 3 aromatic carbocycles. The van der Waals surface area contributed by atoms with Crippen molar-refractivity contribution in [2.24, 2.45) is 5.41 Å². The van der Waals surface area contributed by atoms with E-state index in [0.717, 1.165) is 21.9 Å². The molecule has 2 atom stereocenters. The Labute approximate surface area is 236 Å². The molecule has 8 heteroatoms. The summed E-state index contributed by atoms with van der Waals surface area (Å²) in [5.41, 5.74) is 2.35. The van der Waals surface area contributed by atoms with Gasteiger partial charge in [0.2, 0.25) is 0 Å². The molecule has 0 radical (unpaired) electrons. The minimum Gasteiger partial charge on any atom is -0.465 e. The highest BCUT2D eigenvalue weighted by atomic mass is 16.7. The van der Waals surface area contributed by atoms with Gasteiger partial charge < -0.3 is 19.6 Å². The first-order valence-electron chi connectivity index (χ1n) is 13.7. The molecule has 0 fully saturated rings. The lowest BCUT2D eigenvalue weighted by atomic mass is 9.77. The van der Waals surface area contributed by atoms with Crippen LogP contribution in [0.15, 0.2) is 72.8 Å². The SMILES string of the molecule is CCOC(=O)[C@@](CCCNC(=O)OC(C)(C)C)(Cc1ccccc1)C(=O)ON[C@H](C)c1cccc2ccccc12. The van der Waals surface area contributed by atoms with Gasteiger partial charge in [0, 0.05) is 6.54 Å². The van der Waals surface area contributed by atoms with Crippen LogP contribution in [-0.4, -0.2) is 36.8 Å². The second kappa shape index (κ2) is 13.9. The van der Waals surface area contributed by atoms with E-state index in [2.05, 4.69) is 10.8 Å². The maximum absolute atomic E-state index is 13.8. The van der Waals surface area contributed by atoms with Crippen molar-refractivity contribution in [3.63, 3.8) is 0 Å². The molecule has 2 N–H and O–H groups in total. The van der Waals surface area contributed by atoms with Crippen molar-refractivity contribution in [2.45, 2.75) is 65.5 Å². The number of carbonyl (C=O) groups is 3. The molecule has 3 aromatic rings. The Bertz CT molecular complexity index is 1280. The average Bonchev–Trinajstić information content (AvgIpc) is 2.92. The first kappa shape index (κ1) is 30.6. The molecule has 3 rings (SSSR count). The molecular weight excluding hydrogens is 508 g/mol. The average molecular weight is 549 g/mol. The Balaban J connectivity index is 1.81. The van der Waals surface area contributed by atoms with Gasteiger partial charge in [-0.3, -0.25) is 4.79 Å². The Morgan fingerprint density at radius 1 is 0.875 bits per heavy atom. The van der Waals surface area contributed by atoms with Crippen molar-refractivity contribution in [3.05, 3.63) is 83.9 Å². The molecule has 0 aliphatic heterocycles. The number of ether oxygens (including phenoxy) is 2. The molecule has 0 bridgehead atoms. The fourth-order valence-corrected chi connectivity index (χ4v) is 4.56. The van der Waals surface area contributed by atoms with Crippen LogP contribution in [0, 0.1) is 5.41 Å². The van der Waals surface area contributed by atoms with E-state index in [0.29, 0.717) is 6.42 Å². The first-order chi connectivity index (χ1) is 19.1. The van der Waals surface area contributed by atoms with E-state index in [1.54, 1.807) is 27.7 Å². The van der Waals surface area contributed by atoms with Crippen LogP contribution in [0.1, 0.15) is 64.6 Å². The van der Waals surface area contributed by atoms with E-state index in [4.69, 9.17) is 14.3 Å². The molecule has 0 saturated carbocycles. The number of esters is 1. The number of alkyl carbamates (subject to hydrolysis) is 1. The number of benzene rings is 3. The third-order valence-corrected chi connectivity index (χ3v) is 6.47. The summed E-state index contributed by atoms with van der Waals surface area (Å²) in [6, 6.07) is 22.8. The van der Waals surface area contributed by atoms with Crippen LogP contribution in [0.5, 0.6) is 0 Å². The molecule has 0 spiro atoms. The summed E-state index contributed by atoms with van der Waals surface area (Å²) in [6.45, 7) is 9.24. The van der Waals surface area contributed by atoms with Crippen molar-refractivity contribution >= 4 is 28.8 Å². The fourth-order valence-electron chi connectivity index (χ4n) is 4.56. The Morgan fingerprint density at radius 2 is 1.55 bits per heavy atom. The van der Waals surface area contributed by atoms with Gasteiger partial charge in [-0.05, 0) is 75.8 Å². The molecule has 8 nitrogen and oxygen atoms in total. The minimum absolute atomic E-state index is 0.0856. The van der Waals surface area contributed by atoms with Crippen LogP contribution < -0.4 is 10.8 Å². The van der Waals surface area contributed by atoms with E-state index in [9.17, 15) is 14.4 Å². The summed E-state index contributed by atoms with van der Waals surface area (Å²) in [5, 5.41) is 4.80. The number of rotatable bonds is 12. The van der Waals surface area contributed by atoms with E-state index in [-0.39, 0.29) is 32.0 Å². The maximum atomic E-state index is 13.8. The number of nitrogens with one attached hydrogen (secondary N) is 2. The van der Waals surface area contributed by atoms with Crippen molar-refractivity contribution in [1.29, 1.82) is 0 Å². The molecule has 1 amide bonds. The molecule has 0 aliphatic rings. The van der Waals surface area contributed by atoms with Gasteiger partial charge in [0.05, 0.1) is 12.6 Å². The van der Waals surface area contributed by atoms with Gasteiger partial charge in [-0.25, -0.2) is 9.59 Å². The molecule has 0 saturated heterocycles. The predicted molar refractivity (Wildman–Crippen MR) is 154 cm³/mol. The second-order valence-electron chi connectivity index (χ2n) is 10.8. The molecule has 0 aromatic heterocycles. The van der Waals surface area contributed by atoms with E-state index in [1.807, 2.05) is 79.7 Å². The zero-order valence-electron chi connectivity index (χ0n) is 24.0. The number of fused-ring (bicyclic) bond motifs is 1. The van der Waals surface area contributed by atoms with Gasteiger partial charge in [0.15, 0.2) is 5.41 Å². The lowest BCUT2D eigenvalue weighted by molar-refractivity contribution is -0.179. The third kappa shape index (κ3) is 8.29. The van der Waals surface area contributed by atoms with Gasteiger partial charge in [-0.15, -0.1) is 5.48 Å². The molecule has 40 heavy (non-hydrogen) atoms. The van der Waals surface area contributed by atoms with Gasteiger partial charge >= 0.3 is 18.0 Å². The van der Waals surface area contributed by atoms with Crippen molar-refractivity contribution < 1.29 is 28.7 Å². The standard InChI is InChI=1S/C32H40N2O6/c1-6-38-28(35)32(22-24-14-8-7-9-15-24,20-13-21-33-30(37)39-31(3,4)5)29(36)40-34-23(2)26-19-12-17-25-16-10-11-18-27(25)26/h7-12,14-19,23,34H,6,13,20-22H2,1-5H3,(H,33,37)/t23-,32-/m1/s1. The number of hydrogen-bond donors (Lipinski definition) is 2. The number of hydroxylamine groups is 1. The van der Waals surface area contributed by atoms with E-state index in [1.165, 1.54) is 0 Å². The Morgan fingerprint density at radius 3 is 2.25 bits per heavy atom. The van der Waals surface area contributed by atoms with E-state index >= 15 is 0 Å². The molecule has 214 valence electrons. The number of amides is 1. The van der Waals surface area contributed by atoms with Gasteiger partial charge in [-0.1, -0.05) is 72.8 Å². The largest absolute Gasteiger partial charge is 0.465 e. The van der Waals surface area contributed by atoms with Crippen LogP contribution in [0.2, 0.25) is 0 Å². The van der Waals surface area contributed by atoms with Gasteiger partial charge in [0.1, 0.15) is 5.60 Å². The maximum Gasteiger partial charge on any atom is 0.407 e. The number of carbonyl (C=O) groups excluding carboxylic acids is 3. The topological polar surface area (TPSA) is 103 Å². The summed E-state index contributed by atoms with van der Waals surface area (Å²) in [5.74, 6) is -1.40. The highest BCUT2D eigenvalue weighted by molar-refractivity contribution is 6.00. The van der Waals surface area contributed by atoms with Crippen LogP contribution in [-0.2, 0) is 30.3 Å². The molecule has 0 unspecified atom stereocenters. The normalized spacial score (nSPS) is 13.6. The highest BCUT2D eigenvalue weighted by Crippen LogP contribution is 2.33. The van der Waals surface area contributed by atoms with Gasteiger partial charge in [0.25, 0.3) is 0 Å². The quantitative estimate of drug-likeness (QED) is 0.0934. The number of hydrogen-bond acceptors (Lipinski definition) is 7. The lowest BCUT2D eigenvalue weighted by Gasteiger charge is -2.30. The Hall–Kier alpha value is -3.91. The van der Waals surface area contributed by atoms with E-state index < -0.39 is 29.0 Å². The smallest absolute Gasteiger partial charge is 0.407 e. The minimum atomic E-state index is -1.63. The Kier molecular flexibility index (Phi) is 10.7. The molecular formula is C32H40N2O6. The van der Waals surface area contributed by atoms with Crippen LogP contribution in [0.25, 0.3) is 10.8 Å². The summed E-state index contributed by atoms with van der Waals surface area (Å²) in [4.78, 5) is 45.0. The van der Waals surface area contributed by atoms with Crippen molar-refractivity contribution in [3.8, 4) is 0 Å². The summed E-state index contributed by atoms with van der Waals surface area (Å²) >= 11 is 0. The summed E-state index contributed by atoms with van der Waals surface area (Å²) < 4.78 is 10.7. The van der Waals surface area contributed by atoms with Crippen LogP contribution in [0.4, 0.5) is 4.79 Å². The first-order valence-corrected chi connectivity index (χ1v) is 13.7. The van der Waals surface area contributed by atoms with Crippen molar-refractivity contribution in [1.82, 2.24) is 10.8 Å². The summed E-state index contributed by atoms with van der Waals surface area (Å²) in [7, 11) is 0. The highest BCUT2D eigenvalue weighted by Gasteiger charge is 2.49.